The first-order chi connectivity index (χ1) is 18.7. The van der Waals surface area contributed by atoms with Crippen LogP contribution in [0.5, 0.6) is 11.5 Å². The van der Waals surface area contributed by atoms with Crippen LogP contribution in [0.4, 0.5) is 11.8 Å². The van der Waals surface area contributed by atoms with E-state index < -0.39 is 0 Å². The number of nitrogens with one attached hydrogen (secondary N) is 2. The van der Waals surface area contributed by atoms with E-state index >= 15 is 0 Å². The SMILES string of the molecule is COc1ccc(-c2c(-c3ccc(OC)cc3)n(C)c3nc(N4CCNCC4)nc(N4CCNCC4)c23)cc1. The number of aromatic nitrogens is 3. The molecule has 6 rings (SSSR count). The molecule has 2 aromatic heterocycles. The number of benzene rings is 2. The average Bonchev–Trinajstić information content (AvgIpc) is 3.29. The Labute approximate surface area is 223 Å². The normalized spacial score (nSPS) is 16.2. The fourth-order valence-corrected chi connectivity index (χ4v) is 5.52. The Kier molecular flexibility index (Phi) is 6.78. The quantitative estimate of drug-likeness (QED) is 0.407. The van der Waals surface area contributed by atoms with E-state index in [2.05, 4.69) is 56.3 Å². The van der Waals surface area contributed by atoms with E-state index in [1.54, 1.807) is 14.2 Å². The zero-order valence-electron chi connectivity index (χ0n) is 22.3. The third-order valence-electron chi connectivity index (χ3n) is 7.56. The van der Waals surface area contributed by atoms with Crippen molar-refractivity contribution in [2.75, 3.05) is 76.4 Å². The molecule has 0 bridgehead atoms. The van der Waals surface area contributed by atoms with E-state index in [4.69, 9.17) is 19.4 Å². The van der Waals surface area contributed by atoms with Crippen molar-refractivity contribution in [1.29, 1.82) is 0 Å². The van der Waals surface area contributed by atoms with Gasteiger partial charge in [0.1, 0.15) is 23.0 Å². The van der Waals surface area contributed by atoms with Crippen molar-refractivity contribution >= 4 is 22.8 Å². The first-order valence-corrected chi connectivity index (χ1v) is 13.3. The smallest absolute Gasteiger partial charge is 0.229 e. The van der Waals surface area contributed by atoms with Crippen molar-refractivity contribution in [3.05, 3.63) is 48.5 Å². The molecule has 0 unspecified atom stereocenters. The van der Waals surface area contributed by atoms with Crippen LogP contribution in [0.25, 0.3) is 33.4 Å². The molecule has 38 heavy (non-hydrogen) atoms. The molecule has 0 radical (unpaired) electrons. The van der Waals surface area contributed by atoms with E-state index in [1.807, 2.05) is 24.3 Å². The second-order valence-electron chi connectivity index (χ2n) is 9.76. The summed E-state index contributed by atoms with van der Waals surface area (Å²) < 4.78 is 13.2. The predicted octanol–water partition coefficient (Wildman–Crippen LogP) is 3.14. The maximum Gasteiger partial charge on any atom is 0.229 e. The number of methoxy groups -OCH3 is 2. The minimum Gasteiger partial charge on any atom is -0.497 e. The van der Waals surface area contributed by atoms with Gasteiger partial charge in [0.25, 0.3) is 0 Å². The molecule has 4 heterocycles. The van der Waals surface area contributed by atoms with Crippen molar-refractivity contribution in [3.63, 3.8) is 0 Å². The van der Waals surface area contributed by atoms with Gasteiger partial charge >= 0.3 is 0 Å². The van der Waals surface area contributed by atoms with Crippen molar-refractivity contribution in [1.82, 2.24) is 25.2 Å². The van der Waals surface area contributed by atoms with Crippen molar-refractivity contribution in [3.8, 4) is 33.9 Å². The molecule has 2 saturated heterocycles. The summed E-state index contributed by atoms with van der Waals surface area (Å²) in [5, 5.41) is 8.02. The van der Waals surface area contributed by atoms with Crippen LogP contribution < -0.4 is 29.9 Å². The van der Waals surface area contributed by atoms with Gasteiger partial charge in [-0.15, -0.1) is 0 Å². The van der Waals surface area contributed by atoms with Gasteiger partial charge in [0, 0.05) is 65.0 Å². The minimum atomic E-state index is 0.802. The van der Waals surface area contributed by atoms with E-state index in [-0.39, 0.29) is 0 Å². The minimum absolute atomic E-state index is 0.802. The van der Waals surface area contributed by atoms with Gasteiger partial charge in [0.05, 0.1) is 25.3 Å². The highest BCUT2D eigenvalue weighted by Crippen LogP contribution is 2.44. The van der Waals surface area contributed by atoms with Gasteiger partial charge in [-0.05, 0) is 47.5 Å². The number of piperazine rings is 2. The van der Waals surface area contributed by atoms with Crippen LogP contribution in [-0.2, 0) is 7.05 Å². The van der Waals surface area contributed by atoms with Crippen LogP contribution in [0.1, 0.15) is 0 Å². The molecule has 198 valence electrons. The van der Waals surface area contributed by atoms with Gasteiger partial charge in [-0.25, -0.2) is 0 Å². The van der Waals surface area contributed by atoms with Gasteiger partial charge in [-0.1, -0.05) is 12.1 Å². The van der Waals surface area contributed by atoms with Crippen LogP contribution in [0.15, 0.2) is 48.5 Å². The predicted molar refractivity (Wildman–Crippen MR) is 153 cm³/mol. The number of hydrogen-bond acceptors (Lipinski definition) is 8. The fourth-order valence-electron chi connectivity index (χ4n) is 5.52. The monoisotopic (exact) mass is 513 g/mol. The highest BCUT2D eigenvalue weighted by Gasteiger charge is 2.28. The molecular weight excluding hydrogens is 478 g/mol. The first kappa shape index (κ1) is 24.5. The third-order valence-corrected chi connectivity index (χ3v) is 7.56. The lowest BCUT2D eigenvalue weighted by atomic mass is 9.98. The molecule has 0 spiro atoms. The lowest BCUT2D eigenvalue weighted by Gasteiger charge is -2.32. The molecule has 2 N–H and O–H groups in total. The van der Waals surface area contributed by atoms with Crippen LogP contribution in [-0.4, -0.2) is 81.1 Å². The number of aryl methyl sites for hydroxylation is 1. The molecular formula is C29H35N7O2. The highest BCUT2D eigenvalue weighted by molar-refractivity contribution is 6.09. The lowest BCUT2D eigenvalue weighted by molar-refractivity contribution is 0.414. The summed E-state index contributed by atoms with van der Waals surface area (Å²) in [4.78, 5) is 15.2. The highest BCUT2D eigenvalue weighted by atomic mass is 16.5. The zero-order chi connectivity index (χ0) is 26.1. The number of hydrogen-bond donors (Lipinski definition) is 2. The molecule has 2 aliphatic rings. The molecule has 2 fully saturated rings. The largest absolute Gasteiger partial charge is 0.497 e. The van der Waals surface area contributed by atoms with Crippen molar-refractivity contribution < 1.29 is 9.47 Å². The number of fused-ring (bicyclic) bond motifs is 1. The van der Waals surface area contributed by atoms with Crippen LogP contribution >= 0.6 is 0 Å². The number of anilines is 2. The van der Waals surface area contributed by atoms with E-state index in [0.717, 1.165) is 109 Å². The Balaban J connectivity index is 1.64. The van der Waals surface area contributed by atoms with E-state index in [1.165, 1.54) is 0 Å². The molecule has 9 heteroatoms. The Hall–Kier alpha value is -3.82. The van der Waals surface area contributed by atoms with Gasteiger partial charge < -0.3 is 34.5 Å². The Morgan fingerprint density at radius 1 is 0.684 bits per heavy atom. The average molecular weight is 514 g/mol. The fraction of sp³-hybridized carbons (Fsp3) is 0.379. The van der Waals surface area contributed by atoms with Gasteiger partial charge in [-0.2, -0.15) is 9.97 Å². The summed E-state index contributed by atoms with van der Waals surface area (Å²) in [5.41, 5.74) is 5.40. The summed E-state index contributed by atoms with van der Waals surface area (Å²) in [5.74, 6) is 3.47. The first-order valence-electron chi connectivity index (χ1n) is 13.3. The molecule has 9 nitrogen and oxygen atoms in total. The molecule has 2 aliphatic heterocycles. The van der Waals surface area contributed by atoms with Gasteiger partial charge in [0.2, 0.25) is 5.95 Å². The summed E-state index contributed by atoms with van der Waals surface area (Å²) in [6.07, 6.45) is 0. The Morgan fingerprint density at radius 3 is 1.76 bits per heavy atom. The molecule has 0 atom stereocenters. The summed E-state index contributed by atoms with van der Waals surface area (Å²) in [6.45, 7) is 7.34. The molecule has 0 aliphatic carbocycles. The Bertz CT molecular complexity index is 1400. The maximum atomic E-state index is 5.47. The van der Waals surface area contributed by atoms with Gasteiger partial charge in [-0.3, -0.25) is 0 Å². The summed E-state index contributed by atoms with van der Waals surface area (Å²) in [7, 11) is 5.51. The van der Waals surface area contributed by atoms with Crippen LogP contribution in [0.2, 0.25) is 0 Å². The van der Waals surface area contributed by atoms with Crippen molar-refractivity contribution in [2.24, 2.45) is 7.05 Å². The molecule has 2 aromatic carbocycles. The maximum absolute atomic E-state index is 5.47. The second kappa shape index (κ2) is 10.5. The second-order valence-corrected chi connectivity index (χ2v) is 9.76. The number of ether oxygens (including phenoxy) is 2. The lowest BCUT2D eigenvalue weighted by Crippen LogP contribution is -2.45. The van der Waals surface area contributed by atoms with Gasteiger partial charge in [0.15, 0.2) is 0 Å². The molecule has 4 aromatic rings. The Morgan fingerprint density at radius 2 is 1.21 bits per heavy atom. The van der Waals surface area contributed by atoms with Crippen LogP contribution in [0, 0.1) is 0 Å². The molecule has 0 amide bonds. The molecule has 0 saturated carbocycles. The summed E-state index contributed by atoms with van der Waals surface area (Å²) >= 11 is 0. The zero-order valence-corrected chi connectivity index (χ0v) is 22.3. The number of rotatable bonds is 6. The standard InChI is InChI=1S/C29H35N7O2/c1-34-26(21-6-10-23(38-3)11-7-21)24(20-4-8-22(37-2)9-5-20)25-27(34)32-29(36-18-14-31-15-19-36)33-28(25)35-16-12-30-13-17-35/h4-11,30-31H,12-19H2,1-3H3. The third kappa shape index (κ3) is 4.41. The van der Waals surface area contributed by atoms with E-state index in [0.29, 0.717) is 0 Å². The topological polar surface area (TPSA) is 79.7 Å². The van der Waals surface area contributed by atoms with Crippen molar-refractivity contribution in [2.45, 2.75) is 0 Å². The summed E-state index contributed by atoms with van der Waals surface area (Å²) in [6, 6.07) is 16.6. The van der Waals surface area contributed by atoms with Crippen LogP contribution in [0.3, 0.4) is 0 Å². The number of nitrogens with zero attached hydrogens (tertiary/aromatic N) is 5. The van der Waals surface area contributed by atoms with E-state index in [9.17, 15) is 0 Å².